The average Bonchev–Trinajstić information content (AvgIpc) is 2.93. The lowest BCUT2D eigenvalue weighted by Crippen LogP contribution is -1.99. The molecule has 96 valence electrons. The Labute approximate surface area is 111 Å². The first-order chi connectivity index (χ1) is 9.06. The quantitative estimate of drug-likeness (QED) is 0.782. The number of benzene rings is 1. The van der Waals surface area contributed by atoms with Gasteiger partial charge in [0.15, 0.2) is 5.69 Å². The highest BCUT2D eigenvalue weighted by Crippen LogP contribution is 2.34. The van der Waals surface area contributed by atoms with Gasteiger partial charge < -0.3 is 5.11 Å². The predicted molar refractivity (Wildman–Crippen MR) is 70.9 cm³/mol. The van der Waals surface area contributed by atoms with Crippen LogP contribution < -0.4 is 0 Å². The molecule has 0 aliphatic heterocycles. The summed E-state index contributed by atoms with van der Waals surface area (Å²) in [7, 11) is 1.67. The first-order valence-corrected chi connectivity index (χ1v) is 6.33. The molecule has 4 nitrogen and oxygen atoms in total. The number of rotatable bonds is 2. The summed E-state index contributed by atoms with van der Waals surface area (Å²) >= 11 is 1.41. The van der Waals surface area contributed by atoms with Crippen LogP contribution in [0.3, 0.4) is 0 Å². The molecule has 0 saturated heterocycles. The van der Waals surface area contributed by atoms with E-state index in [0.29, 0.717) is 11.1 Å². The van der Waals surface area contributed by atoms with Crippen molar-refractivity contribution >= 4 is 27.4 Å². The summed E-state index contributed by atoms with van der Waals surface area (Å²) in [5.41, 5.74) is 0.647. The van der Waals surface area contributed by atoms with Gasteiger partial charge in [0, 0.05) is 17.1 Å². The summed E-state index contributed by atoms with van der Waals surface area (Å²) < 4.78 is 16.0. The number of hydrogen-bond acceptors (Lipinski definition) is 3. The van der Waals surface area contributed by atoms with Crippen molar-refractivity contribution in [3.8, 4) is 10.6 Å². The third-order valence-corrected chi connectivity index (χ3v) is 3.98. The maximum atomic E-state index is 13.6. The van der Waals surface area contributed by atoms with Crippen LogP contribution in [-0.2, 0) is 7.05 Å². The van der Waals surface area contributed by atoms with Crippen LogP contribution in [0.1, 0.15) is 10.5 Å². The molecule has 3 rings (SSSR count). The largest absolute Gasteiger partial charge is 0.476 e. The molecule has 3 aromatic rings. The number of aromatic carboxylic acids is 1. The number of thiophene rings is 1. The fourth-order valence-electron chi connectivity index (χ4n) is 1.95. The van der Waals surface area contributed by atoms with Gasteiger partial charge in [-0.15, -0.1) is 11.3 Å². The van der Waals surface area contributed by atoms with Gasteiger partial charge in [-0.2, -0.15) is 5.10 Å². The van der Waals surface area contributed by atoms with Crippen molar-refractivity contribution in [2.75, 3.05) is 0 Å². The molecule has 19 heavy (non-hydrogen) atoms. The van der Waals surface area contributed by atoms with Crippen molar-refractivity contribution < 1.29 is 14.3 Å². The Bertz CT molecular complexity index is 791. The molecular formula is C13H9FN2O2S. The number of carbonyl (C=O) groups is 1. The molecule has 0 bridgehead atoms. The zero-order chi connectivity index (χ0) is 13.6. The minimum atomic E-state index is -1.07. The molecule has 2 aromatic heterocycles. The van der Waals surface area contributed by atoms with E-state index in [1.54, 1.807) is 19.2 Å². The fourth-order valence-corrected chi connectivity index (χ4v) is 3.08. The number of aryl methyl sites for hydroxylation is 1. The minimum absolute atomic E-state index is 0.0181. The Balaban J connectivity index is 2.19. The highest BCUT2D eigenvalue weighted by molar-refractivity contribution is 7.22. The second-order valence-corrected chi connectivity index (χ2v) is 5.19. The zero-order valence-corrected chi connectivity index (χ0v) is 10.7. The van der Waals surface area contributed by atoms with Crippen molar-refractivity contribution in [1.82, 2.24) is 9.78 Å². The summed E-state index contributed by atoms with van der Waals surface area (Å²) in [4.78, 5) is 11.7. The van der Waals surface area contributed by atoms with Crippen molar-refractivity contribution in [2.45, 2.75) is 0 Å². The van der Waals surface area contributed by atoms with Gasteiger partial charge in [0.25, 0.3) is 0 Å². The van der Waals surface area contributed by atoms with Crippen molar-refractivity contribution in [3.63, 3.8) is 0 Å². The molecule has 0 amide bonds. The number of carboxylic acid groups (broad SMARTS) is 1. The van der Waals surface area contributed by atoms with E-state index in [0.717, 1.165) is 9.58 Å². The average molecular weight is 276 g/mol. The van der Waals surface area contributed by atoms with Crippen LogP contribution in [0.4, 0.5) is 4.39 Å². The smallest absolute Gasteiger partial charge is 0.356 e. The van der Waals surface area contributed by atoms with Gasteiger partial charge >= 0.3 is 5.97 Å². The van der Waals surface area contributed by atoms with E-state index in [4.69, 9.17) is 5.11 Å². The molecule has 0 aliphatic carbocycles. The summed E-state index contributed by atoms with van der Waals surface area (Å²) in [6, 6.07) is 8.11. The van der Waals surface area contributed by atoms with Gasteiger partial charge in [-0.25, -0.2) is 9.18 Å². The molecule has 0 fully saturated rings. The van der Waals surface area contributed by atoms with Gasteiger partial charge in [0.2, 0.25) is 0 Å². The molecule has 0 atom stereocenters. The lowest BCUT2D eigenvalue weighted by Gasteiger charge is -1.95. The van der Waals surface area contributed by atoms with Crippen LogP contribution in [0, 0.1) is 5.82 Å². The van der Waals surface area contributed by atoms with Crippen LogP contribution in [0.25, 0.3) is 20.7 Å². The number of aromatic nitrogens is 2. The van der Waals surface area contributed by atoms with Crippen molar-refractivity contribution in [2.24, 2.45) is 7.05 Å². The predicted octanol–water partition coefficient (Wildman–Crippen LogP) is 3.14. The Morgan fingerprint density at radius 1 is 1.42 bits per heavy atom. The monoisotopic (exact) mass is 276 g/mol. The van der Waals surface area contributed by atoms with Gasteiger partial charge in [0.1, 0.15) is 5.82 Å². The molecule has 0 aliphatic rings. The standard InChI is InChI=1S/C13H9FN2O2S/c1-16-10(6-9(15-16)13(17)18)12-5-7-8(14)3-2-4-11(7)19-12/h2-6H,1H3,(H,17,18). The number of hydrogen-bond donors (Lipinski definition) is 1. The SMILES string of the molecule is Cn1nc(C(=O)O)cc1-c1cc2c(F)cccc2s1. The van der Waals surface area contributed by atoms with E-state index >= 15 is 0 Å². The summed E-state index contributed by atoms with van der Waals surface area (Å²) in [6.07, 6.45) is 0. The maximum Gasteiger partial charge on any atom is 0.356 e. The highest BCUT2D eigenvalue weighted by atomic mass is 32.1. The van der Waals surface area contributed by atoms with E-state index in [1.807, 2.05) is 6.07 Å². The van der Waals surface area contributed by atoms with Gasteiger partial charge in [-0.3, -0.25) is 4.68 Å². The van der Waals surface area contributed by atoms with Crippen LogP contribution >= 0.6 is 11.3 Å². The molecule has 0 spiro atoms. The van der Waals surface area contributed by atoms with Crippen LogP contribution in [0.2, 0.25) is 0 Å². The number of carboxylic acids is 1. The third-order valence-electron chi connectivity index (χ3n) is 2.86. The number of fused-ring (bicyclic) bond motifs is 1. The molecule has 2 heterocycles. The molecule has 0 unspecified atom stereocenters. The molecule has 0 saturated carbocycles. The Kier molecular flexibility index (Phi) is 2.60. The van der Waals surface area contributed by atoms with Gasteiger partial charge in [-0.05, 0) is 24.3 Å². The van der Waals surface area contributed by atoms with Gasteiger partial charge in [-0.1, -0.05) is 6.07 Å². The van der Waals surface area contributed by atoms with E-state index in [9.17, 15) is 9.18 Å². The second kappa shape index (κ2) is 4.17. The lowest BCUT2D eigenvalue weighted by molar-refractivity contribution is 0.0689. The Morgan fingerprint density at radius 3 is 2.84 bits per heavy atom. The summed E-state index contributed by atoms with van der Waals surface area (Å²) in [5.74, 6) is -1.35. The lowest BCUT2D eigenvalue weighted by atomic mass is 10.2. The minimum Gasteiger partial charge on any atom is -0.476 e. The van der Waals surface area contributed by atoms with Crippen molar-refractivity contribution in [1.29, 1.82) is 0 Å². The number of halogens is 1. The molecule has 1 aromatic carbocycles. The molecule has 6 heteroatoms. The third kappa shape index (κ3) is 1.90. The zero-order valence-electron chi connectivity index (χ0n) is 9.92. The van der Waals surface area contributed by atoms with Crippen LogP contribution in [0.5, 0.6) is 0 Å². The Morgan fingerprint density at radius 2 is 2.21 bits per heavy atom. The summed E-state index contributed by atoms with van der Waals surface area (Å²) in [5, 5.41) is 13.4. The van der Waals surface area contributed by atoms with Crippen molar-refractivity contribution in [3.05, 3.63) is 41.8 Å². The maximum absolute atomic E-state index is 13.6. The topological polar surface area (TPSA) is 55.1 Å². The second-order valence-electron chi connectivity index (χ2n) is 4.11. The van der Waals surface area contributed by atoms with Crippen LogP contribution in [0.15, 0.2) is 30.3 Å². The first kappa shape index (κ1) is 11.9. The first-order valence-electron chi connectivity index (χ1n) is 5.52. The van der Waals surface area contributed by atoms with E-state index in [1.165, 1.54) is 28.2 Å². The molecule has 0 radical (unpaired) electrons. The Hall–Kier alpha value is -2.21. The van der Waals surface area contributed by atoms with E-state index in [-0.39, 0.29) is 11.5 Å². The molecule has 1 N–H and O–H groups in total. The fraction of sp³-hybridized carbons (Fsp3) is 0.0769. The van der Waals surface area contributed by atoms with Crippen LogP contribution in [-0.4, -0.2) is 20.9 Å². The summed E-state index contributed by atoms with van der Waals surface area (Å²) in [6.45, 7) is 0. The van der Waals surface area contributed by atoms with Gasteiger partial charge in [0.05, 0.1) is 10.6 Å². The number of nitrogens with zero attached hydrogens (tertiary/aromatic N) is 2. The molecular weight excluding hydrogens is 267 g/mol. The highest BCUT2D eigenvalue weighted by Gasteiger charge is 2.15. The van der Waals surface area contributed by atoms with E-state index < -0.39 is 5.97 Å². The van der Waals surface area contributed by atoms with E-state index in [2.05, 4.69) is 5.10 Å². The normalized spacial score (nSPS) is 11.1.